The first-order chi connectivity index (χ1) is 12.1. The molecule has 1 unspecified atom stereocenters. The Morgan fingerprint density at radius 1 is 1.36 bits per heavy atom. The average Bonchev–Trinajstić information content (AvgIpc) is 3.11. The van der Waals surface area contributed by atoms with Gasteiger partial charge in [-0.3, -0.25) is 9.78 Å². The summed E-state index contributed by atoms with van der Waals surface area (Å²) in [5.74, 6) is 0.172. The third kappa shape index (κ3) is 4.36. The SMILES string of the molecule is CSc1ncc(C(=O)Nc2c(Cl)cncc2Cl)cc1OC1CCOC1. The van der Waals surface area contributed by atoms with Crippen molar-refractivity contribution in [2.75, 3.05) is 24.8 Å². The summed E-state index contributed by atoms with van der Waals surface area (Å²) in [4.78, 5) is 20.7. The number of thioether (sulfide) groups is 1. The Morgan fingerprint density at radius 3 is 2.76 bits per heavy atom. The molecule has 6 nitrogen and oxygen atoms in total. The summed E-state index contributed by atoms with van der Waals surface area (Å²) in [5.41, 5.74) is 0.652. The van der Waals surface area contributed by atoms with Crippen molar-refractivity contribution in [1.82, 2.24) is 9.97 Å². The molecule has 1 saturated heterocycles. The lowest BCUT2D eigenvalue weighted by atomic mass is 10.2. The van der Waals surface area contributed by atoms with E-state index in [1.165, 1.54) is 30.4 Å². The highest BCUT2D eigenvalue weighted by atomic mass is 35.5. The zero-order chi connectivity index (χ0) is 17.8. The van der Waals surface area contributed by atoms with E-state index in [9.17, 15) is 4.79 Å². The quantitative estimate of drug-likeness (QED) is 0.767. The number of carbonyl (C=O) groups is 1. The van der Waals surface area contributed by atoms with Crippen LogP contribution in [0.1, 0.15) is 16.8 Å². The number of hydrogen-bond donors (Lipinski definition) is 1. The molecule has 1 N–H and O–H groups in total. The van der Waals surface area contributed by atoms with E-state index in [4.69, 9.17) is 32.7 Å². The van der Waals surface area contributed by atoms with E-state index in [0.717, 1.165) is 6.42 Å². The first-order valence-electron chi connectivity index (χ1n) is 7.47. The van der Waals surface area contributed by atoms with Gasteiger partial charge in [0.25, 0.3) is 5.91 Å². The molecule has 0 bridgehead atoms. The summed E-state index contributed by atoms with van der Waals surface area (Å²) in [6.45, 7) is 1.21. The molecule has 0 aromatic carbocycles. The summed E-state index contributed by atoms with van der Waals surface area (Å²) >= 11 is 13.5. The zero-order valence-electron chi connectivity index (χ0n) is 13.3. The summed E-state index contributed by atoms with van der Waals surface area (Å²) in [5, 5.41) is 3.91. The highest BCUT2D eigenvalue weighted by Crippen LogP contribution is 2.31. The van der Waals surface area contributed by atoms with Crippen LogP contribution >= 0.6 is 35.0 Å². The van der Waals surface area contributed by atoms with Gasteiger partial charge in [-0.2, -0.15) is 0 Å². The molecule has 2 aromatic rings. The van der Waals surface area contributed by atoms with E-state index in [-0.39, 0.29) is 22.1 Å². The highest BCUT2D eigenvalue weighted by molar-refractivity contribution is 7.98. The fourth-order valence-electron chi connectivity index (χ4n) is 2.30. The molecule has 1 aliphatic heterocycles. The number of halogens is 2. The van der Waals surface area contributed by atoms with E-state index in [1.807, 2.05) is 6.26 Å². The molecule has 0 radical (unpaired) electrons. The Labute approximate surface area is 159 Å². The molecule has 3 rings (SSSR count). The van der Waals surface area contributed by atoms with E-state index in [2.05, 4.69) is 15.3 Å². The third-order valence-corrected chi connectivity index (χ3v) is 4.81. The molecule has 0 saturated carbocycles. The van der Waals surface area contributed by atoms with E-state index >= 15 is 0 Å². The molecule has 0 spiro atoms. The molecule has 9 heteroatoms. The van der Waals surface area contributed by atoms with Crippen molar-refractivity contribution in [2.45, 2.75) is 17.6 Å². The predicted octanol–water partition coefficient (Wildman–Crippen LogP) is 3.93. The van der Waals surface area contributed by atoms with E-state index < -0.39 is 0 Å². The lowest BCUT2D eigenvalue weighted by molar-refractivity contribution is 0.102. The number of nitrogens with zero attached hydrogens (tertiary/aromatic N) is 2. The fraction of sp³-hybridized carbons (Fsp3) is 0.312. The van der Waals surface area contributed by atoms with Crippen LogP contribution in [0, 0.1) is 0 Å². The summed E-state index contributed by atoms with van der Waals surface area (Å²) < 4.78 is 11.3. The van der Waals surface area contributed by atoms with Crippen molar-refractivity contribution in [1.29, 1.82) is 0 Å². The normalized spacial score (nSPS) is 16.7. The minimum atomic E-state index is -0.386. The molecule has 3 heterocycles. The van der Waals surface area contributed by atoms with Gasteiger partial charge < -0.3 is 14.8 Å². The van der Waals surface area contributed by atoms with Crippen molar-refractivity contribution in [3.8, 4) is 5.75 Å². The summed E-state index contributed by atoms with van der Waals surface area (Å²) in [6.07, 6.45) is 6.99. The molecule has 1 atom stereocenters. The maximum atomic E-state index is 12.5. The maximum Gasteiger partial charge on any atom is 0.257 e. The van der Waals surface area contributed by atoms with Crippen LogP contribution in [0.5, 0.6) is 5.75 Å². The first-order valence-corrected chi connectivity index (χ1v) is 9.45. The van der Waals surface area contributed by atoms with Crippen LogP contribution in [0.3, 0.4) is 0 Å². The van der Waals surface area contributed by atoms with Crippen LogP contribution in [0.15, 0.2) is 29.7 Å². The van der Waals surface area contributed by atoms with Crippen molar-refractivity contribution >= 4 is 46.6 Å². The topological polar surface area (TPSA) is 73.3 Å². The summed E-state index contributed by atoms with van der Waals surface area (Å²) in [7, 11) is 0. The van der Waals surface area contributed by atoms with Gasteiger partial charge in [0.05, 0.1) is 34.5 Å². The Bertz CT molecular complexity index is 765. The van der Waals surface area contributed by atoms with Crippen molar-refractivity contribution < 1.29 is 14.3 Å². The van der Waals surface area contributed by atoms with E-state index in [1.54, 1.807) is 6.07 Å². The molecule has 1 aliphatic rings. The van der Waals surface area contributed by atoms with Gasteiger partial charge in [-0.05, 0) is 12.3 Å². The monoisotopic (exact) mass is 399 g/mol. The van der Waals surface area contributed by atoms with Gasteiger partial charge in [0.1, 0.15) is 11.1 Å². The van der Waals surface area contributed by atoms with Gasteiger partial charge >= 0.3 is 0 Å². The van der Waals surface area contributed by atoms with Crippen LogP contribution in [0.2, 0.25) is 10.0 Å². The first kappa shape index (κ1) is 18.3. The number of ether oxygens (including phenoxy) is 2. The third-order valence-electron chi connectivity index (χ3n) is 3.55. The number of hydrogen-bond acceptors (Lipinski definition) is 6. The number of anilines is 1. The van der Waals surface area contributed by atoms with Crippen LogP contribution in [-0.2, 0) is 4.74 Å². The van der Waals surface area contributed by atoms with Crippen LogP contribution in [-0.4, -0.2) is 41.4 Å². The number of aromatic nitrogens is 2. The van der Waals surface area contributed by atoms with Gasteiger partial charge in [0, 0.05) is 25.0 Å². The van der Waals surface area contributed by atoms with Crippen molar-refractivity contribution in [3.05, 3.63) is 40.3 Å². The van der Waals surface area contributed by atoms with Crippen LogP contribution in [0.25, 0.3) is 0 Å². The largest absolute Gasteiger partial charge is 0.485 e. The molecule has 25 heavy (non-hydrogen) atoms. The minimum Gasteiger partial charge on any atom is -0.485 e. The van der Waals surface area contributed by atoms with Crippen molar-refractivity contribution in [2.24, 2.45) is 0 Å². The second kappa shape index (κ2) is 8.23. The Hall–Kier alpha value is -1.54. The second-order valence-corrected chi connectivity index (χ2v) is 6.88. The molecule has 2 aromatic heterocycles. The Balaban J connectivity index is 1.82. The molecule has 1 fully saturated rings. The lowest BCUT2D eigenvalue weighted by Gasteiger charge is -2.15. The predicted molar refractivity (Wildman–Crippen MR) is 98.1 cm³/mol. The van der Waals surface area contributed by atoms with Crippen LogP contribution < -0.4 is 10.1 Å². The number of nitrogens with one attached hydrogen (secondary N) is 1. The molecular formula is C16H15Cl2N3O3S. The smallest absolute Gasteiger partial charge is 0.257 e. The van der Waals surface area contributed by atoms with Gasteiger partial charge in [0.15, 0.2) is 5.75 Å². The van der Waals surface area contributed by atoms with Gasteiger partial charge in [-0.15, -0.1) is 11.8 Å². The van der Waals surface area contributed by atoms with E-state index in [0.29, 0.717) is 35.2 Å². The van der Waals surface area contributed by atoms with Crippen LogP contribution in [0.4, 0.5) is 5.69 Å². The summed E-state index contributed by atoms with van der Waals surface area (Å²) in [6, 6.07) is 1.66. The fourth-order valence-corrected chi connectivity index (χ4v) is 3.22. The number of pyridine rings is 2. The zero-order valence-corrected chi connectivity index (χ0v) is 15.6. The number of rotatable bonds is 5. The molecule has 1 amide bonds. The average molecular weight is 400 g/mol. The molecular weight excluding hydrogens is 385 g/mol. The van der Waals surface area contributed by atoms with Gasteiger partial charge in [-0.25, -0.2) is 4.98 Å². The molecule has 132 valence electrons. The molecule has 0 aliphatic carbocycles. The second-order valence-electron chi connectivity index (χ2n) is 5.27. The van der Waals surface area contributed by atoms with Crippen molar-refractivity contribution in [3.63, 3.8) is 0 Å². The van der Waals surface area contributed by atoms with Gasteiger partial charge in [-0.1, -0.05) is 23.2 Å². The minimum absolute atomic E-state index is 0.0323. The Morgan fingerprint density at radius 2 is 2.12 bits per heavy atom. The lowest BCUT2D eigenvalue weighted by Crippen LogP contribution is -2.18. The van der Waals surface area contributed by atoms with Gasteiger partial charge in [0.2, 0.25) is 0 Å². The standard InChI is InChI=1S/C16H15Cl2N3O3S/c1-25-16-13(24-10-2-3-23-8-10)4-9(5-20-16)15(22)21-14-11(17)6-19-7-12(14)18/h4-7,10H,2-3,8H2,1H3,(H,19,21,22). The maximum absolute atomic E-state index is 12.5. The number of amides is 1. The highest BCUT2D eigenvalue weighted by Gasteiger charge is 2.21. The Kier molecular flexibility index (Phi) is 6.01. The number of carbonyl (C=O) groups excluding carboxylic acids is 1.